The third-order valence-electron chi connectivity index (χ3n) is 6.60. The maximum Gasteiger partial charge on any atom is 0.325 e. The van der Waals surface area contributed by atoms with Gasteiger partial charge in [0.1, 0.15) is 5.54 Å². The minimum Gasteiger partial charge on any atom is -0.323 e. The molecule has 1 aromatic rings. The van der Waals surface area contributed by atoms with E-state index < -0.39 is 5.54 Å². The minimum atomic E-state index is -0.664. The fraction of sp³-hybridized carbons (Fsp3) is 0.636. The third-order valence-corrected chi connectivity index (χ3v) is 6.60. The summed E-state index contributed by atoms with van der Waals surface area (Å²) < 4.78 is 0. The lowest BCUT2D eigenvalue weighted by molar-refractivity contribution is -0.133. The Balaban J connectivity index is 1.27. The van der Waals surface area contributed by atoms with E-state index >= 15 is 0 Å². The molecule has 0 saturated carbocycles. The average Bonchev–Trinajstić information content (AvgIpc) is 2.97. The summed E-state index contributed by atoms with van der Waals surface area (Å²) in [4.78, 5) is 31.8. The minimum absolute atomic E-state index is 0.00258. The number of urea groups is 1. The second-order valence-corrected chi connectivity index (χ2v) is 8.45. The number of hydrogen-bond donors (Lipinski definition) is 1. The highest BCUT2D eigenvalue weighted by Gasteiger charge is 2.52. The number of carbonyl (C=O) groups is 2. The van der Waals surface area contributed by atoms with Crippen LogP contribution in [0, 0.1) is 0 Å². The number of piperidine rings is 2. The first-order valence-corrected chi connectivity index (χ1v) is 10.8. The Labute approximate surface area is 167 Å². The topological polar surface area (TPSA) is 55.9 Å². The first-order valence-electron chi connectivity index (χ1n) is 10.8. The summed E-state index contributed by atoms with van der Waals surface area (Å²) in [6.07, 6.45) is 6.20. The van der Waals surface area contributed by atoms with Crippen molar-refractivity contribution in [1.82, 2.24) is 20.0 Å². The number of nitrogens with one attached hydrogen (secondary N) is 1. The number of rotatable bonds is 6. The number of amides is 3. The van der Waals surface area contributed by atoms with Gasteiger partial charge in [-0.2, -0.15) is 0 Å². The molecule has 1 aromatic carbocycles. The van der Waals surface area contributed by atoms with Crippen molar-refractivity contribution in [1.29, 1.82) is 0 Å². The molecule has 0 aromatic heterocycles. The van der Waals surface area contributed by atoms with Gasteiger partial charge in [0, 0.05) is 32.7 Å². The molecule has 0 atom stereocenters. The van der Waals surface area contributed by atoms with Crippen LogP contribution in [0.15, 0.2) is 30.3 Å². The number of hydrogen-bond acceptors (Lipinski definition) is 4. The zero-order valence-corrected chi connectivity index (χ0v) is 16.7. The molecule has 0 aliphatic carbocycles. The molecule has 152 valence electrons. The van der Waals surface area contributed by atoms with Crippen LogP contribution in [0.2, 0.25) is 0 Å². The predicted octanol–water partition coefficient (Wildman–Crippen LogP) is 2.10. The van der Waals surface area contributed by atoms with Crippen LogP contribution in [0.25, 0.3) is 0 Å². The number of imide groups is 1. The Bertz CT molecular complexity index is 679. The molecule has 3 aliphatic rings. The van der Waals surface area contributed by atoms with Gasteiger partial charge in [-0.3, -0.25) is 9.69 Å². The van der Waals surface area contributed by atoms with Crippen molar-refractivity contribution < 1.29 is 9.59 Å². The largest absolute Gasteiger partial charge is 0.325 e. The zero-order chi connectivity index (χ0) is 19.4. The first-order chi connectivity index (χ1) is 13.7. The fourth-order valence-corrected chi connectivity index (χ4v) is 4.73. The van der Waals surface area contributed by atoms with E-state index in [4.69, 9.17) is 0 Å². The van der Waals surface area contributed by atoms with E-state index in [1.165, 1.54) is 29.7 Å². The second-order valence-electron chi connectivity index (χ2n) is 8.45. The first kappa shape index (κ1) is 19.4. The molecule has 28 heavy (non-hydrogen) atoms. The molecule has 3 amide bonds. The van der Waals surface area contributed by atoms with Gasteiger partial charge in [-0.05, 0) is 50.8 Å². The van der Waals surface area contributed by atoms with E-state index in [0.29, 0.717) is 19.4 Å². The molecular weight excluding hydrogens is 352 g/mol. The standard InChI is InChI=1S/C22H32N4O2/c27-20-22(23-21(28)26(20)18-17-24-12-5-2-6-13-24)10-15-25(16-11-22)14-9-19-7-3-1-4-8-19/h1,3-4,7-8H,2,5-6,9-18H2,(H,23,28). The fourth-order valence-electron chi connectivity index (χ4n) is 4.73. The van der Waals surface area contributed by atoms with Gasteiger partial charge in [-0.1, -0.05) is 36.8 Å². The van der Waals surface area contributed by atoms with Gasteiger partial charge in [-0.25, -0.2) is 4.79 Å². The molecule has 0 unspecified atom stereocenters. The summed E-state index contributed by atoms with van der Waals surface area (Å²) >= 11 is 0. The molecular formula is C22H32N4O2. The smallest absolute Gasteiger partial charge is 0.323 e. The van der Waals surface area contributed by atoms with Crippen molar-refractivity contribution in [3.05, 3.63) is 35.9 Å². The van der Waals surface area contributed by atoms with Gasteiger partial charge < -0.3 is 15.1 Å². The van der Waals surface area contributed by atoms with Crippen molar-refractivity contribution in [3.63, 3.8) is 0 Å². The SMILES string of the molecule is O=C1NC2(CCN(CCc3ccccc3)CC2)C(=O)N1CCN1CCCCC1. The second kappa shape index (κ2) is 8.62. The van der Waals surface area contributed by atoms with E-state index in [2.05, 4.69) is 39.4 Å². The molecule has 6 heteroatoms. The van der Waals surface area contributed by atoms with Gasteiger partial charge in [0.25, 0.3) is 5.91 Å². The van der Waals surface area contributed by atoms with E-state index in [-0.39, 0.29) is 11.9 Å². The van der Waals surface area contributed by atoms with E-state index in [0.717, 1.165) is 45.7 Å². The lowest BCUT2D eigenvalue weighted by Gasteiger charge is -2.37. The summed E-state index contributed by atoms with van der Waals surface area (Å²) in [5.74, 6) is -0.00258. The van der Waals surface area contributed by atoms with Crippen LogP contribution >= 0.6 is 0 Å². The number of likely N-dealkylation sites (tertiary alicyclic amines) is 2. The van der Waals surface area contributed by atoms with Gasteiger partial charge in [0.2, 0.25) is 0 Å². The molecule has 3 fully saturated rings. The normalized spacial score (nSPS) is 23.4. The Morgan fingerprint density at radius 3 is 2.21 bits per heavy atom. The van der Waals surface area contributed by atoms with Crippen LogP contribution in [0.1, 0.15) is 37.7 Å². The van der Waals surface area contributed by atoms with Crippen molar-refractivity contribution >= 4 is 11.9 Å². The Kier molecular flexibility index (Phi) is 5.97. The summed E-state index contributed by atoms with van der Waals surface area (Å²) in [5, 5.41) is 3.04. The maximum atomic E-state index is 13.1. The van der Waals surface area contributed by atoms with Crippen molar-refractivity contribution in [3.8, 4) is 0 Å². The molecule has 6 nitrogen and oxygen atoms in total. The monoisotopic (exact) mass is 384 g/mol. The molecule has 3 saturated heterocycles. The van der Waals surface area contributed by atoms with E-state index in [1.807, 2.05) is 6.07 Å². The Hall–Kier alpha value is -1.92. The van der Waals surface area contributed by atoms with E-state index in [1.54, 1.807) is 0 Å². The summed E-state index contributed by atoms with van der Waals surface area (Å²) in [7, 11) is 0. The van der Waals surface area contributed by atoms with Crippen LogP contribution in [0.4, 0.5) is 4.79 Å². The Morgan fingerprint density at radius 1 is 0.821 bits per heavy atom. The quantitative estimate of drug-likeness (QED) is 0.763. The molecule has 4 rings (SSSR count). The van der Waals surface area contributed by atoms with Crippen LogP contribution in [-0.4, -0.2) is 78.0 Å². The summed E-state index contributed by atoms with van der Waals surface area (Å²) in [6.45, 7) is 6.22. The number of nitrogens with zero attached hydrogens (tertiary/aromatic N) is 3. The molecule has 0 radical (unpaired) electrons. The number of carbonyl (C=O) groups excluding carboxylic acids is 2. The summed E-state index contributed by atoms with van der Waals surface area (Å²) in [5.41, 5.74) is 0.680. The molecule has 0 bridgehead atoms. The molecule has 1 spiro atoms. The summed E-state index contributed by atoms with van der Waals surface area (Å²) in [6, 6.07) is 10.3. The molecule has 1 N–H and O–H groups in total. The van der Waals surface area contributed by atoms with Crippen molar-refractivity contribution in [2.24, 2.45) is 0 Å². The molecule has 3 aliphatic heterocycles. The van der Waals surface area contributed by atoms with Crippen molar-refractivity contribution in [2.45, 2.75) is 44.1 Å². The maximum absolute atomic E-state index is 13.1. The van der Waals surface area contributed by atoms with Crippen LogP contribution in [0.5, 0.6) is 0 Å². The third kappa shape index (κ3) is 4.23. The van der Waals surface area contributed by atoms with E-state index in [9.17, 15) is 9.59 Å². The highest BCUT2D eigenvalue weighted by Crippen LogP contribution is 2.29. The van der Waals surface area contributed by atoms with Crippen molar-refractivity contribution in [2.75, 3.05) is 45.8 Å². The van der Waals surface area contributed by atoms with Crippen LogP contribution in [-0.2, 0) is 11.2 Å². The average molecular weight is 385 g/mol. The highest BCUT2D eigenvalue weighted by atomic mass is 16.2. The zero-order valence-electron chi connectivity index (χ0n) is 16.7. The highest BCUT2D eigenvalue weighted by molar-refractivity contribution is 6.07. The van der Waals surface area contributed by atoms with Gasteiger partial charge in [-0.15, -0.1) is 0 Å². The molecule has 3 heterocycles. The number of benzene rings is 1. The van der Waals surface area contributed by atoms with Crippen LogP contribution in [0.3, 0.4) is 0 Å². The Morgan fingerprint density at radius 2 is 1.50 bits per heavy atom. The van der Waals surface area contributed by atoms with Gasteiger partial charge in [0.05, 0.1) is 0 Å². The lowest BCUT2D eigenvalue weighted by Crippen LogP contribution is -2.55. The van der Waals surface area contributed by atoms with Gasteiger partial charge in [0.15, 0.2) is 0 Å². The van der Waals surface area contributed by atoms with Gasteiger partial charge >= 0.3 is 6.03 Å². The predicted molar refractivity (Wildman–Crippen MR) is 109 cm³/mol. The van der Waals surface area contributed by atoms with Crippen LogP contribution < -0.4 is 5.32 Å². The lowest BCUT2D eigenvalue weighted by atomic mass is 9.87.